The summed E-state index contributed by atoms with van der Waals surface area (Å²) < 4.78 is 5.70. The van der Waals surface area contributed by atoms with Gasteiger partial charge in [-0.15, -0.1) is 22.9 Å². The fraction of sp³-hybridized carbons (Fsp3) is 0.769. The van der Waals surface area contributed by atoms with Crippen LogP contribution in [-0.4, -0.2) is 36.2 Å². The minimum absolute atomic E-state index is 0.385. The van der Waals surface area contributed by atoms with Crippen LogP contribution in [0.5, 0.6) is 0 Å². The van der Waals surface area contributed by atoms with Crippen molar-refractivity contribution in [2.45, 2.75) is 44.2 Å². The van der Waals surface area contributed by atoms with Gasteiger partial charge in [-0.3, -0.25) is 4.90 Å². The summed E-state index contributed by atoms with van der Waals surface area (Å²) in [6, 6.07) is 0.385. The molecule has 3 nitrogen and oxygen atoms in total. The molecule has 0 radical (unpaired) electrons. The Kier molecular flexibility index (Phi) is 5.42. The van der Waals surface area contributed by atoms with E-state index in [0.717, 1.165) is 25.3 Å². The molecule has 1 aliphatic heterocycles. The molecule has 2 unspecified atom stereocenters. The predicted molar refractivity (Wildman–Crippen MR) is 76.3 cm³/mol. The quantitative estimate of drug-likeness (QED) is 0.750. The molecular weight excluding hydrogens is 268 g/mol. The van der Waals surface area contributed by atoms with Crippen molar-refractivity contribution < 1.29 is 4.74 Å². The largest absolute Gasteiger partial charge is 0.377 e. The number of likely N-dealkylation sites (N-methyl/N-ethyl adjacent to an activating group) is 1. The molecule has 0 aliphatic carbocycles. The average molecular weight is 289 g/mol. The summed E-state index contributed by atoms with van der Waals surface area (Å²) in [5.41, 5.74) is 0.987. The van der Waals surface area contributed by atoms with E-state index in [9.17, 15) is 0 Å². The molecule has 18 heavy (non-hydrogen) atoms. The average Bonchev–Trinajstić information content (AvgIpc) is 3.01. The van der Waals surface area contributed by atoms with Crippen LogP contribution in [0.1, 0.15) is 42.9 Å². The van der Waals surface area contributed by atoms with Crippen molar-refractivity contribution in [3.8, 4) is 0 Å². The van der Waals surface area contributed by atoms with Crippen molar-refractivity contribution in [1.29, 1.82) is 0 Å². The molecule has 1 aromatic rings. The van der Waals surface area contributed by atoms with Crippen LogP contribution >= 0.6 is 22.9 Å². The molecule has 0 amide bonds. The molecule has 0 aromatic carbocycles. The summed E-state index contributed by atoms with van der Waals surface area (Å²) in [6.45, 7) is 4.12. The Labute approximate surface area is 118 Å². The lowest BCUT2D eigenvalue weighted by Gasteiger charge is -2.27. The van der Waals surface area contributed by atoms with Crippen molar-refractivity contribution in [3.05, 3.63) is 16.1 Å². The standard InChI is InChI=1S/C13H21ClN2OS/c1-3-12(13-15-10(7-14)9-18-13)16(2)8-11-5-4-6-17-11/h9,11-12H,3-8H2,1-2H3. The van der Waals surface area contributed by atoms with Gasteiger partial charge in [0.25, 0.3) is 0 Å². The Morgan fingerprint density at radius 2 is 2.50 bits per heavy atom. The third kappa shape index (κ3) is 3.44. The molecule has 1 saturated heterocycles. The van der Waals surface area contributed by atoms with Crippen molar-refractivity contribution in [3.63, 3.8) is 0 Å². The van der Waals surface area contributed by atoms with E-state index in [4.69, 9.17) is 16.3 Å². The molecule has 2 rings (SSSR count). The number of hydrogen-bond donors (Lipinski definition) is 0. The lowest BCUT2D eigenvalue weighted by atomic mass is 10.1. The molecule has 1 fully saturated rings. The highest BCUT2D eigenvalue weighted by Crippen LogP contribution is 2.27. The van der Waals surface area contributed by atoms with E-state index in [-0.39, 0.29) is 0 Å². The lowest BCUT2D eigenvalue weighted by molar-refractivity contribution is 0.0670. The zero-order valence-electron chi connectivity index (χ0n) is 11.1. The Balaban J connectivity index is 1.97. The van der Waals surface area contributed by atoms with Gasteiger partial charge in [0.2, 0.25) is 0 Å². The van der Waals surface area contributed by atoms with Crippen LogP contribution in [0.25, 0.3) is 0 Å². The van der Waals surface area contributed by atoms with E-state index in [1.165, 1.54) is 17.8 Å². The molecule has 1 aromatic heterocycles. The van der Waals surface area contributed by atoms with Crippen molar-refractivity contribution in [2.75, 3.05) is 20.2 Å². The predicted octanol–water partition coefficient (Wildman–Crippen LogP) is 3.44. The highest BCUT2D eigenvalue weighted by Gasteiger charge is 2.23. The SMILES string of the molecule is CCC(c1nc(CCl)cs1)N(C)CC1CCCO1. The topological polar surface area (TPSA) is 25.4 Å². The Hall–Kier alpha value is -0.160. The van der Waals surface area contributed by atoms with Crippen LogP contribution in [0.15, 0.2) is 5.38 Å². The third-order valence-electron chi connectivity index (χ3n) is 3.43. The highest BCUT2D eigenvalue weighted by molar-refractivity contribution is 7.09. The maximum atomic E-state index is 5.82. The zero-order valence-corrected chi connectivity index (χ0v) is 12.6. The van der Waals surface area contributed by atoms with Crippen LogP contribution < -0.4 is 0 Å². The third-order valence-corrected chi connectivity index (χ3v) is 4.69. The first-order valence-electron chi connectivity index (χ1n) is 6.56. The summed E-state index contributed by atoms with van der Waals surface area (Å²) in [6.07, 6.45) is 3.85. The molecule has 0 bridgehead atoms. The van der Waals surface area contributed by atoms with E-state index in [2.05, 4.69) is 29.2 Å². The van der Waals surface area contributed by atoms with Gasteiger partial charge in [-0.05, 0) is 26.3 Å². The fourth-order valence-corrected chi connectivity index (χ4v) is 3.74. The molecule has 0 saturated carbocycles. The lowest BCUT2D eigenvalue weighted by Crippen LogP contribution is -2.32. The molecule has 0 spiro atoms. The normalized spacial score (nSPS) is 21.7. The van der Waals surface area contributed by atoms with Gasteiger partial charge in [0, 0.05) is 18.5 Å². The minimum atomic E-state index is 0.385. The first kappa shape index (κ1) is 14.3. The smallest absolute Gasteiger partial charge is 0.110 e. The van der Waals surface area contributed by atoms with Gasteiger partial charge in [0.1, 0.15) is 5.01 Å². The van der Waals surface area contributed by atoms with Gasteiger partial charge in [0.05, 0.1) is 23.7 Å². The fourth-order valence-electron chi connectivity index (χ4n) is 2.45. The number of halogens is 1. The molecule has 2 atom stereocenters. The summed E-state index contributed by atoms with van der Waals surface area (Å²) in [5.74, 6) is 0.502. The van der Waals surface area contributed by atoms with E-state index in [1.807, 2.05) is 0 Å². The first-order chi connectivity index (χ1) is 8.74. The number of alkyl halides is 1. The summed E-state index contributed by atoms with van der Waals surface area (Å²) in [4.78, 5) is 6.97. The Bertz CT molecular complexity index is 366. The van der Waals surface area contributed by atoms with Gasteiger partial charge in [-0.1, -0.05) is 6.92 Å². The van der Waals surface area contributed by atoms with Crippen LogP contribution in [0.2, 0.25) is 0 Å². The summed E-state index contributed by atoms with van der Waals surface area (Å²) >= 11 is 7.53. The van der Waals surface area contributed by atoms with Gasteiger partial charge < -0.3 is 4.74 Å². The number of hydrogen-bond acceptors (Lipinski definition) is 4. The molecule has 0 N–H and O–H groups in total. The Morgan fingerprint density at radius 3 is 3.06 bits per heavy atom. The molecule has 2 heterocycles. The maximum absolute atomic E-state index is 5.82. The van der Waals surface area contributed by atoms with E-state index < -0.39 is 0 Å². The van der Waals surface area contributed by atoms with Gasteiger partial charge in [0.15, 0.2) is 0 Å². The Morgan fingerprint density at radius 1 is 1.67 bits per heavy atom. The van der Waals surface area contributed by atoms with Crippen molar-refractivity contribution in [2.24, 2.45) is 0 Å². The molecule has 1 aliphatic rings. The van der Waals surface area contributed by atoms with E-state index in [0.29, 0.717) is 18.0 Å². The summed E-state index contributed by atoms with van der Waals surface area (Å²) in [7, 11) is 2.16. The zero-order chi connectivity index (χ0) is 13.0. The summed E-state index contributed by atoms with van der Waals surface area (Å²) in [5, 5.41) is 3.24. The van der Waals surface area contributed by atoms with Gasteiger partial charge >= 0.3 is 0 Å². The second kappa shape index (κ2) is 6.85. The minimum Gasteiger partial charge on any atom is -0.377 e. The van der Waals surface area contributed by atoms with Crippen LogP contribution in [-0.2, 0) is 10.6 Å². The van der Waals surface area contributed by atoms with Crippen LogP contribution in [0.3, 0.4) is 0 Å². The van der Waals surface area contributed by atoms with Gasteiger partial charge in [-0.2, -0.15) is 0 Å². The number of rotatable bonds is 6. The second-order valence-corrected chi connectivity index (χ2v) is 5.97. The number of nitrogens with zero attached hydrogens (tertiary/aromatic N) is 2. The highest BCUT2D eigenvalue weighted by atomic mass is 35.5. The molecule has 5 heteroatoms. The van der Waals surface area contributed by atoms with Crippen molar-refractivity contribution in [1.82, 2.24) is 9.88 Å². The number of thiazole rings is 1. The number of aromatic nitrogens is 1. The molecule has 102 valence electrons. The van der Waals surface area contributed by atoms with Crippen molar-refractivity contribution >= 4 is 22.9 Å². The van der Waals surface area contributed by atoms with Crippen LogP contribution in [0, 0.1) is 0 Å². The molecular formula is C13H21ClN2OS. The van der Waals surface area contributed by atoms with E-state index in [1.54, 1.807) is 11.3 Å². The van der Waals surface area contributed by atoms with Gasteiger partial charge in [-0.25, -0.2) is 4.98 Å². The first-order valence-corrected chi connectivity index (χ1v) is 7.98. The van der Waals surface area contributed by atoms with E-state index >= 15 is 0 Å². The maximum Gasteiger partial charge on any atom is 0.110 e. The monoisotopic (exact) mass is 288 g/mol. The second-order valence-electron chi connectivity index (χ2n) is 4.81. The van der Waals surface area contributed by atoms with Crippen LogP contribution in [0.4, 0.5) is 0 Å². The number of ether oxygens (including phenoxy) is 1.